The van der Waals surface area contributed by atoms with Gasteiger partial charge < -0.3 is 10.6 Å². The second-order valence-electron chi connectivity index (χ2n) is 7.10. The lowest BCUT2D eigenvalue weighted by atomic mass is 10.1. The van der Waals surface area contributed by atoms with Crippen molar-refractivity contribution in [3.8, 4) is 0 Å². The SMILES string of the molecule is Cc1ccnc(Nc2cc(NCCNS(=O)(=O)c3ccc(C)c(C)c3)nc(C)n2)c1. The molecule has 3 rings (SSSR count). The Morgan fingerprint density at radius 2 is 1.60 bits per heavy atom. The lowest BCUT2D eigenvalue weighted by Gasteiger charge is -2.11. The number of hydrogen-bond acceptors (Lipinski definition) is 7. The smallest absolute Gasteiger partial charge is 0.240 e. The molecule has 0 aliphatic carbocycles. The maximum Gasteiger partial charge on any atom is 0.240 e. The van der Waals surface area contributed by atoms with Gasteiger partial charge in [0.2, 0.25) is 10.0 Å². The Labute approximate surface area is 177 Å². The van der Waals surface area contributed by atoms with Crippen LogP contribution in [0.1, 0.15) is 22.5 Å². The lowest BCUT2D eigenvalue weighted by Crippen LogP contribution is -2.29. The fourth-order valence-corrected chi connectivity index (χ4v) is 3.91. The zero-order valence-electron chi connectivity index (χ0n) is 17.5. The highest BCUT2D eigenvalue weighted by Crippen LogP contribution is 2.17. The number of aryl methyl sites for hydroxylation is 4. The molecule has 9 heteroatoms. The molecule has 0 aliphatic rings. The molecule has 0 saturated carbocycles. The molecule has 0 amide bonds. The van der Waals surface area contributed by atoms with Crippen LogP contribution in [0.25, 0.3) is 0 Å². The number of benzene rings is 1. The van der Waals surface area contributed by atoms with Gasteiger partial charge in [-0.1, -0.05) is 6.07 Å². The van der Waals surface area contributed by atoms with Crippen molar-refractivity contribution in [1.29, 1.82) is 0 Å². The Hall–Kier alpha value is -3.04. The normalized spacial score (nSPS) is 11.3. The zero-order chi connectivity index (χ0) is 21.7. The summed E-state index contributed by atoms with van der Waals surface area (Å²) in [6.07, 6.45) is 1.73. The molecule has 2 aromatic heterocycles. The lowest BCUT2D eigenvalue weighted by molar-refractivity contribution is 0.582. The van der Waals surface area contributed by atoms with Crippen LogP contribution in [0.5, 0.6) is 0 Å². The Kier molecular flexibility index (Phi) is 6.63. The largest absolute Gasteiger partial charge is 0.369 e. The summed E-state index contributed by atoms with van der Waals surface area (Å²) < 4.78 is 27.5. The summed E-state index contributed by atoms with van der Waals surface area (Å²) in [7, 11) is -3.56. The first-order valence-corrected chi connectivity index (χ1v) is 11.1. The fourth-order valence-electron chi connectivity index (χ4n) is 2.80. The third-order valence-electron chi connectivity index (χ3n) is 4.52. The van der Waals surface area contributed by atoms with Crippen molar-refractivity contribution in [2.45, 2.75) is 32.6 Å². The van der Waals surface area contributed by atoms with Crippen molar-refractivity contribution in [2.75, 3.05) is 23.7 Å². The van der Waals surface area contributed by atoms with Crippen LogP contribution in [0, 0.1) is 27.7 Å². The quantitative estimate of drug-likeness (QED) is 0.475. The summed E-state index contributed by atoms with van der Waals surface area (Å²) in [6.45, 7) is 8.23. The van der Waals surface area contributed by atoms with E-state index >= 15 is 0 Å². The third-order valence-corrected chi connectivity index (χ3v) is 5.98. The first-order chi connectivity index (χ1) is 14.2. The van der Waals surface area contributed by atoms with E-state index in [1.54, 1.807) is 31.3 Å². The topological polar surface area (TPSA) is 109 Å². The molecule has 0 radical (unpaired) electrons. The van der Waals surface area contributed by atoms with Crippen molar-refractivity contribution in [3.63, 3.8) is 0 Å². The number of aromatic nitrogens is 3. The molecule has 158 valence electrons. The van der Waals surface area contributed by atoms with Gasteiger partial charge in [0.05, 0.1) is 4.90 Å². The molecule has 0 spiro atoms. The minimum Gasteiger partial charge on any atom is -0.369 e. The Bertz CT molecular complexity index is 1150. The molecule has 2 heterocycles. The first-order valence-electron chi connectivity index (χ1n) is 9.59. The van der Waals surface area contributed by atoms with E-state index in [9.17, 15) is 8.42 Å². The molecule has 0 saturated heterocycles. The van der Waals surface area contributed by atoms with E-state index in [0.717, 1.165) is 16.7 Å². The van der Waals surface area contributed by atoms with Gasteiger partial charge in [-0.2, -0.15) is 0 Å². The zero-order valence-corrected chi connectivity index (χ0v) is 18.3. The Morgan fingerprint density at radius 1 is 0.833 bits per heavy atom. The van der Waals surface area contributed by atoms with E-state index in [1.165, 1.54) is 0 Å². The number of anilines is 3. The summed E-state index contributed by atoms with van der Waals surface area (Å²) >= 11 is 0. The number of sulfonamides is 1. The summed E-state index contributed by atoms with van der Waals surface area (Å²) in [4.78, 5) is 13.2. The van der Waals surface area contributed by atoms with Crippen molar-refractivity contribution in [3.05, 3.63) is 65.1 Å². The van der Waals surface area contributed by atoms with E-state index in [-0.39, 0.29) is 11.4 Å². The second kappa shape index (κ2) is 9.19. The van der Waals surface area contributed by atoms with Gasteiger partial charge in [0.1, 0.15) is 23.3 Å². The number of hydrogen-bond donors (Lipinski definition) is 3. The van der Waals surface area contributed by atoms with Gasteiger partial charge in [0.25, 0.3) is 0 Å². The van der Waals surface area contributed by atoms with Crippen LogP contribution >= 0.6 is 0 Å². The molecular formula is C21H26N6O2S. The number of nitrogens with zero attached hydrogens (tertiary/aromatic N) is 3. The third kappa shape index (κ3) is 5.74. The highest BCUT2D eigenvalue weighted by atomic mass is 32.2. The van der Waals surface area contributed by atoms with Crippen molar-refractivity contribution in [2.24, 2.45) is 0 Å². The Balaban J connectivity index is 1.59. The van der Waals surface area contributed by atoms with Crippen LogP contribution in [-0.2, 0) is 10.0 Å². The average Bonchev–Trinajstić information content (AvgIpc) is 2.67. The molecule has 3 aromatic rings. The maximum atomic E-state index is 12.5. The number of rotatable bonds is 8. The van der Waals surface area contributed by atoms with Crippen LogP contribution in [0.15, 0.2) is 47.5 Å². The van der Waals surface area contributed by atoms with Crippen LogP contribution in [0.4, 0.5) is 17.5 Å². The summed E-state index contributed by atoms with van der Waals surface area (Å²) in [5.41, 5.74) is 3.09. The van der Waals surface area contributed by atoms with Gasteiger partial charge >= 0.3 is 0 Å². The standard InChI is InChI=1S/C21H26N6O2S/c1-14-7-8-22-19(11-14)27-21-13-20(25-17(4)26-21)23-9-10-24-30(28,29)18-6-5-15(2)16(3)12-18/h5-8,11-13,24H,9-10H2,1-4H3,(H2,22,23,25,26,27). The van der Waals surface area contributed by atoms with Crippen molar-refractivity contribution >= 4 is 27.5 Å². The minimum absolute atomic E-state index is 0.223. The van der Waals surface area contributed by atoms with Gasteiger partial charge in [0, 0.05) is 25.4 Å². The molecule has 0 aliphatic heterocycles. The van der Waals surface area contributed by atoms with Gasteiger partial charge in [-0.3, -0.25) is 0 Å². The predicted octanol–water partition coefficient (Wildman–Crippen LogP) is 3.24. The van der Waals surface area contributed by atoms with Gasteiger partial charge in [-0.15, -0.1) is 0 Å². The monoisotopic (exact) mass is 426 g/mol. The van der Waals surface area contributed by atoms with Crippen molar-refractivity contribution in [1.82, 2.24) is 19.7 Å². The second-order valence-corrected chi connectivity index (χ2v) is 8.87. The molecule has 30 heavy (non-hydrogen) atoms. The van der Waals surface area contributed by atoms with Crippen LogP contribution < -0.4 is 15.4 Å². The molecule has 0 bridgehead atoms. The molecule has 0 unspecified atom stereocenters. The summed E-state index contributed by atoms with van der Waals surface area (Å²) in [5.74, 6) is 2.49. The van der Waals surface area contributed by atoms with Crippen LogP contribution in [0.3, 0.4) is 0 Å². The number of nitrogens with one attached hydrogen (secondary N) is 3. The maximum absolute atomic E-state index is 12.5. The highest BCUT2D eigenvalue weighted by Gasteiger charge is 2.14. The van der Waals surface area contributed by atoms with Gasteiger partial charge in [-0.05, 0) is 68.7 Å². The Morgan fingerprint density at radius 3 is 2.33 bits per heavy atom. The first kappa shape index (κ1) is 21.7. The van der Waals surface area contributed by atoms with E-state index in [0.29, 0.717) is 29.8 Å². The van der Waals surface area contributed by atoms with Crippen LogP contribution in [-0.4, -0.2) is 36.5 Å². The molecule has 0 atom stereocenters. The predicted molar refractivity (Wildman–Crippen MR) is 119 cm³/mol. The van der Waals surface area contributed by atoms with E-state index in [1.807, 2.05) is 39.0 Å². The minimum atomic E-state index is -3.56. The molecular weight excluding hydrogens is 400 g/mol. The van der Waals surface area contributed by atoms with E-state index in [4.69, 9.17) is 0 Å². The van der Waals surface area contributed by atoms with Crippen molar-refractivity contribution < 1.29 is 8.42 Å². The van der Waals surface area contributed by atoms with E-state index < -0.39 is 10.0 Å². The molecule has 1 aromatic carbocycles. The highest BCUT2D eigenvalue weighted by molar-refractivity contribution is 7.89. The van der Waals surface area contributed by atoms with E-state index in [2.05, 4.69) is 30.3 Å². The average molecular weight is 427 g/mol. The molecule has 3 N–H and O–H groups in total. The van der Waals surface area contributed by atoms with Crippen LogP contribution in [0.2, 0.25) is 0 Å². The number of pyridine rings is 1. The fraction of sp³-hybridized carbons (Fsp3) is 0.286. The molecule has 0 fully saturated rings. The molecule has 8 nitrogen and oxygen atoms in total. The summed E-state index contributed by atoms with van der Waals surface area (Å²) in [5, 5.41) is 6.29. The van der Waals surface area contributed by atoms with Gasteiger partial charge in [0.15, 0.2) is 0 Å². The van der Waals surface area contributed by atoms with Gasteiger partial charge in [-0.25, -0.2) is 28.1 Å². The summed E-state index contributed by atoms with van der Waals surface area (Å²) in [6, 6.07) is 10.7.